The topological polar surface area (TPSA) is 41.3 Å². The van der Waals surface area contributed by atoms with E-state index in [-0.39, 0.29) is 0 Å². The van der Waals surface area contributed by atoms with Crippen LogP contribution in [0, 0.1) is 0 Å². The summed E-state index contributed by atoms with van der Waals surface area (Å²) in [5.74, 6) is 0.898. The minimum atomic E-state index is -0.695. The van der Waals surface area contributed by atoms with E-state index in [1.165, 1.54) is 0 Å². The molecule has 14 heavy (non-hydrogen) atoms. The number of rotatable bonds is 4. The summed E-state index contributed by atoms with van der Waals surface area (Å²) in [7, 11) is 1.94. The molecule has 0 aliphatic heterocycles. The predicted octanol–water partition coefficient (Wildman–Crippen LogP) is 1.11. The van der Waals surface area contributed by atoms with Gasteiger partial charge >= 0.3 is 0 Å². The van der Waals surface area contributed by atoms with Gasteiger partial charge in [0.05, 0.1) is 5.60 Å². The third-order valence-corrected chi connectivity index (χ3v) is 2.00. The highest BCUT2D eigenvalue weighted by Crippen LogP contribution is 2.13. The lowest BCUT2D eigenvalue weighted by Gasteiger charge is -2.26. The Labute approximate surface area is 85.2 Å². The summed E-state index contributed by atoms with van der Waals surface area (Å²) in [5, 5.41) is 9.67. The Morgan fingerprint density at radius 3 is 2.71 bits per heavy atom. The Morgan fingerprint density at radius 2 is 2.21 bits per heavy atom. The van der Waals surface area contributed by atoms with Gasteiger partial charge in [-0.2, -0.15) is 0 Å². The van der Waals surface area contributed by atoms with E-state index in [0.717, 1.165) is 12.5 Å². The van der Waals surface area contributed by atoms with Crippen molar-refractivity contribution in [2.24, 2.45) is 0 Å². The SMILES string of the molecule is CCn1ccnc1N(C)CC(C)(C)O. The van der Waals surface area contributed by atoms with Crippen LogP contribution >= 0.6 is 0 Å². The molecule has 4 nitrogen and oxygen atoms in total. The fourth-order valence-electron chi connectivity index (χ4n) is 1.54. The van der Waals surface area contributed by atoms with Crippen LogP contribution in [0.3, 0.4) is 0 Å². The lowest BCUT2D eigenvalue weighted by molar-refractivity contribution is 0.0881. The second-order valence-corrected chi connectivity index (χ2v) is 4.18. The van der Waals surface area contributed by atoms with Crippen LogP contribution in [0.4, 0.5) is 5.95 Å². The zero-order valence-electron chi connectivity index (χ0n) is 9.36. The third kappa shape index (κ3) is 2.73. The maximum atomic E-state index is 9.67. The first-order valence-electron chi connectivity index (χ1n) is 4.88. The van der Waals surface area contributed by atoms with E-state index in [1.807, 2.05) is 22.7 Å². The minimum Gasteiger partial charge on any atom is -0.389 e. The van der Waals surface area contributed by atoms with E-state index in [4.69, 9.17) is 0 Å². The van der Waals surface area contributed by atoms with Crippen molar-refractivity contribution in [3.63, 3.8) is 0 Å². The molecular weight excluding hydrogens is 178 g/mol. The summed E-state index contributed by atoms with van der Waals surface area (Å²) in [6.45, 7) is 7.13. The van der Waals surface area contributed by atoms with Crippen molar-refractivity contribution in [1.82, 2.24) is 9.55 Å². The maximum Gasteiger partial charge on any atom is 0.205 e. The molecule has 0 bridgehead atoms. The van der Waals surface area contributed by atoms with E-state index in [2.05, 4.69) is 11.9 Å². The molecule has 1 aromatic heterocycles. The molecule has 0 saturated carbocycles. The summed E-state index contributed by atoms with van der Waals surface area (Å²) < 4.78 is 2.05. The molecular formula is C10H19N3O. The van der Waals surface area contributed by atoms with Gasteiger partial charge in [-0.1, -0.05) is 0 Å². The Morgan fingerprint density at radius 1 is 1.57 bits per heavy atom. The van der Waals surface area contributed by atoms with Crippen LogP contribution < -0.4 is 4.90 Å². The number of nitrogens with zero attached hydrogens (tertiary/aromatic N) is 3. The second-order valence-electron chi connectivity index (χ2n) is 4.18. The smallest absolute Gasteiger partial charge is 0.205 e. The molecule has 1 heterocycles. The van der Waals surface area contributed by atoms with E-state index in [0.29, 0.717) is 6.54 Å². The first kappa shape index (κ1) is 11.0. The van der Waals surface area contributed by atoms with Crippen LogP contribution in [0.1, 0.15) is 20.8 Å². The summed E-state index contributed by atoms with van der Waals surface area (Å²) in [5.41, 5.74) is -0.695. The minimum absolute atomic E-state index is 0.573. The van der Waals surface area contributed by atoms with Gasteiger partial charge in [-0.3, -0.25) is 0 Å². The van der Waals surface area contributed by atoms with E-state index in [1.54, 1.807) is 20.0 Å². The van der Waals surface area contributed by atoms with Crippen molar-refractivity contribution < 1.29 is 5.11 Å². The van der Waals surface area contributed by atoms with E-state index >= 15 is 0 Å². The van der Waals surface area contributed by atoms with Gasteiger partial charge in [0.15, 0.2) is 0 Å². The van der Waals surface area contributed by atoms with Gasteiger partial charge in [-0.25, -0.2) is 4.98 Å². The lowest BCUT2D eigenvalue weighted by Crippen LogP contribution is -2.37. The van der Waals surface area contributed by atoms with Gasteiger partial charge in [0.25, 0.3) is 0 Å². The average molecular weight is 197 g/mol. The highest BCUT2D eigenvalue weighted by atomic mass is 16.3. The molecule has 0 aromatic carbocycles. The highest BCUT2D eigenvalue weighted by Gasteiger charge is 2.18. The third-order valence-electron chi connectivity index (χ3n) is 2.00. The van der Waals surface area contributed by atoms with Crippen LogP contribution in [0.25, 0.3) is 0 Å². The monoisotopic (exact) mass is 197 g/mol. The van der Waals surface area contributed by atoms with Gasteiger partial charge in [0.1, 0.15) is 0 Å². The summed E-state index contributed by atoms with van der Waals surface area (Å²) in [6, 6.07) is 0. The van der Waals surface area contributed by atoms with Crippen LogP contribution in [0.2, 0.25) is 0 Å². The van der Waals surface area contributed by atoms with Gasteiger partial charge in [-0.05, 0) is 20.8 Å². The Hall–Kier alpha value is -1.03. The van der Waals surface area contributed by atoms with E-state index in [9.17, 15) is 5.11 Å². The Bertz CT molecular complexity index is 288. The maximum absolute atomic E-state index is 9.67. The average Bonchev–Trinajstić information content (AvgIpc) is 2.47. The summed E-state index contributed by atoms with van der Waals surface area (Å²) in [6.07, 6.45) is 3.72. The van der Waals surface area contributed by atoms with Crippen molar-refractivity contribution in [3.8, 4) is 0 Å². The molecule has 80 valence electrons. The van der Waals surface area contributed by atoms with Crippen molar-refractivity contribution >= 4 is 5.95 Å². The molecule has 1 N–H and O–H groups in total. The molecule has 0 radical (unpaired) electrons. The van der Waals surface area contributed by atoms with E-state index < -0.39 is 5.60 Å². The zero-order valence-corrected chi connectivity index (χ0v) is 9.36. The van der Waals surface area contributed by atoms with Crippen LogP contribution in [-0.2, 0) is 6.54 Å². The second kappa shape index (κ2) is 4.00. The first-order valence-corrected chi connectivity index (χ1v) is 4.88. The number of imidazole rings is 1. The lowest BCUT2D eigenvalue weighted by atomic mass is 10.1. The summed E-state index contributed by atoms with van der Waals surface area (Å²) >= 11 is 0. The molecule has 4 heteroatoms. The highest BCUT2D eigenvalue weighted by molar-refractivity contribution is 5.30. The van der Waals surface area contributed by atoms with Gasteiger partial charge in [0.2, 0.25) is 5.95 Å². The quantitative estimate of drug-likeness (QED) is 0.786. The molecule has 0 saturated heterocycles. The number of hydrogen-bond donors (Lipinski definition) is 1. The van der Waals surface area contributed by atoms with Crippen LogP contribution in [0.5, 0.6) is 0 Å². The number of aliphatic hydroxyl groups is 1. The van der Waals surface area contributed by atoms with Gasteiger partial charge in [-0.15, -0.1) is 0 Å². The van der Waals surface area contributed by atoms with Gasteiger partial charge < -0.3 is 14.6 Å². The molecule has 1 aromatic rings. The van der Waals surface area contributed by atoms with Crippen LogP contribution in [0.15, 0.2) is 12.4 Å². The number of anilines is 1. The first-order chi connectivity index (χ1) is 6.44. The number of hydrogen-bond acceptors (Lipinski definition) is 3. The van der Waals surface area contributed by atoms with Gasteiger partial charge in [0, 0.05) is 32.5 Å². The van der Waals surface area contributed by atoms with Crippen molar-refractivity contribution in [1.29, 1.82) is 0 Å². The fraction of sp³-hybridized carbons (Fsp3) is 0.700. The molecule has 0 unspecified atom stereocenters. The normalized spacial score (nSPS) is 11.8. The fourth-order valence-corrected chi connectivity index (χ4v) is 1.54. The number of aryl methyl sites for hydroxylation is 1. The number of likely N-dealkylation sites (N-methyl/N-ethyl adjacent to an activating group) is 1. The molecule has 0 fully saturated rings. The van der Waals surface area contributed by atoms with Crippen LogP contribution in [-0.4, -0.2) is 33.9 Å². The summed E-state index contributed by atoms with van der Waals surface area (Å²) in [4.78, 5) is 6.21. The number of aromatic nitrogens is 2. The molecule has 1 rings (SSSR count). The predicted molar refractivity (Wildman–Crippen MR) is 57.5 cm³/mol. The van der Waals surface area contributed by atoms with Crippen molar-refractivity contribution in [2.45, 2.75) is 32.9 Å². The van der Waals surface area contributed by atoms with Crippen molar-refractivity contribution in [3.05, 3.63) is 12.4 Å². The molecule has 0 aliphatic rings. The zero-order chi connectivity index (χ0) is 10.8. The van der Waals surface area contributed by atoms with Crippen molar-refractivity contribution in [2.75, 3.05) is 18.5 Å². The molecule has 0 amide bonds. The molecule has 0 spiro atoms. The Balaban J connectivity index is 2.74. The molecule has 0 aliphatic carbocycles. The molecule has 0 atom stereocenters. The Kier molecular flexibility index (Phi) is 3.16. The largest absolute Gasteiger partial charge is 0.389 e. The standard InChI is InChI=1S/C10H19N3O/c1-5-13-7-6-11-9(13)12(4)8-10(2,3)14/h6-7,14H,5,8H2,1-4H3.